The number of benzene rings is 1. The van der Waals surface area contributed by atoms with Crippen molar-refractivity contribution in [3.05, 3.63) is 36.1 Å². The molecule has 2 aromatic rings. The molecule has 0 aliphatic carbocycles. The predicted octanol–water partition coefficient (Wildman–Crippen LogP) is 4.09. The van der Waals surface area contributed by atoms with E-state index >= 15 is 0 Å². The van der Waals surface area contributed by atoms with Crippen LogP contribution in [-0.4, -0.2) is 24.0 Å². The highest BCUT2D eigenvalue weighted by Gasteiger charge is 2.28. The Morgan fingerprint density at radius 2 is 2.14 bits per heavy atom. The molecule has 0 bridgehead atoms. The molecule has 1 saturated heterocycles. The molecule has 2 unspecified atom stereocenters. The molecule has 0 amide bonds. The van der Waals surface area contributed by atoms with Crippen LogP contribution < -0.4 is 5.73 Å². The largest absolute Gasteiger partial charge is 0.464 e. The average Bonchev–Trinajstić information content (AvgIpc) is 2.80. The highest BCUT2D eigenvalue weighted by molar-refractivity contribution is 5.81. The van der Waals surface area contributed by atoms with Crippen LogP contribution in [0.1, 0.15) is 50.6 Å². The first-order valence-corrected chi connectivity index (χ1v) is 8.27. The fourth-order valence-corrected chi connectivity index (χ4v) is 3.75. The number of para-hydroxylation sites is 1. The van der Waals surface area contributed by atoms with Crippen molar-refractivity contribution in [1.29, 1.82) is 0 Å². The Hall–Kier alpha value is -1.32. The molecular formula is C18H26N2O. The Morgan fingerprint density at radius 1 is 1.29 bits per heavy atom. The maximum atomic E-state index is 6.17. The van der Waals surface area contributed by atoms with Gasteiger partial charge in [-0.3, -0.25) is 4.90 Å². The standard InChI is InChI=1S/C18H26N2O/c1-2-14-8-4-3-7-11-20(14)17(12-19)16-13-21-18-10-6-5-9-15(16)18/h5-6,9-10,13-14,17H,2-4,7-8,11-12,19H2,1H3. The van der Waals surface area contributed by atoms with Crippen molar-refractivity contribution in [2.75, 3.05) is 13.1 Å². The molecule has 3 rings (SSSR count). The topological polar surface area (TPSA) is 42.4 Å². The highest BCUT2D eigenvalue weighted by Crippen LogP contribution is 2.33. The molecule has 2 heterocycles. The van der Waals surface area contributed by atoms with Crippen molar-refractivity contribution < 1.29 is 4.42 Å². The van der Waals surface area contributed by atoms with E-state index in [-0.39, 0.29) is 6.04 Å². The quantitative estimate of drug-likeness (QED) is 0.920. The Labute approximate surface area is 127 Å². The van der Waals surface area contributed by atoms with E-state index in [0.717, 1.165) is 12.1 Å². The van der Waals surface area contributed by atoms with Gasteiger partial charge in [-0.1, -0.05) is 38.0 Å². The molecule has 1 aromatic carbocycles. The van der Waals surface area contributed by atoms with Gasteiger partial charge in [-0.25, -0.2) is 0 Å². The Kier molecular flexibility index (Phi) is 4.61. The zero-order valence-corrected chi connectivity index (χ0v) is 12.9. The SMILES string of the molecule is CCC1CCCCCN1C(CN)c1coc2ccccc12. The van der Waals surface area contributed by atoms with Crippen LogP contribution in [-0.2, 0) is 0 Å². The van der Waals surface area contributed by atoms with Crippen LogP contribution in [0.25, 0.3) is 11.0 Å². The van der Waals surface area contributed by atoms with Gasteiger partial charge in [-0.15, -0.1) is 0 Å². The molecule has 3 nitrogen and oxygen atoms in total. The van der Waals surface area contributed by atoms with Crippen molar-refractivity contribution >= 4 is 11.0 Å². The summed E-state index contributed by atoms with van der Waals surface area (Å²) in [4.78, 5) is 2.63. The van der Waals surface area contributed by atoms with Gasteiger partial charge >= 0.3 is 0 Å². The zero-order chi connectivity index (χ0) is 14.7. The predicted molar refractivity (Wildman–Crippen MR) is 87.3 cm³/mol. The van der Waals surface area contributed by atoms with E-state index in [1.807, 2.05) is 18.4 Å². The monoisotopic (exact) mass is 286 g/mol. The minimum absolute atomic E-state index is 0.275. The van der Waals surface area contributed by atoms with Gasteiger partial charge in [0, 0.05) is 23.5 Å². The first kappa shape index (κ1) is 14.6. The molecule has 0 spiro atoms. The molecule has 1 fully saturated rings. The van der Waals surface area contributed by atoms with Crippen LogP contribution in [0.3, 0.4) is 0 Å². The van der Waals surface area contributed by atoms with Crippen molar-refractivity contribution in [1.82, 2.24) is 4.90 Å². The lowest BCUT2D eigenvalue weighted by Gasteiger charge is -2.36. The molecule has 21 heavy (non-hydrogen) atoms. The summed E-state index contributed by atoms with van der Waals surface area (Å²) in [6.07, 6.45) is 8.38. The molecule has 0 saturated carbocycles. The van der Waals surface area contributed by atoms with Crippen molar-refractivity contribution in [2.24, 2.45) is 5.73 Å². The summed E-state index contributed by atoms with van der Waals surface area (Å²) in [7, 11) is 0. The Morgan fingerprint density at radius 3 is 2.95 bits per heavy atom. The van der Waals surface area contributed by atoms with Crippen LogP contribution in [0, 0.1) is 0 Å². The first-order valence-electron chi connectivity index (χ1n) is 8.27. The summed E-state index contributed by atoms with van der Waals surface area (Å²) in [6, 6.07) is 9.20. The number of rotatable bonds is 4. The molecule has 114 valence electrons. The van der Waals surface area contributed by atoms with Crippen LogP contribution in [0.5, 0.6) is 0 Å². The van der Waals surface area contributed by atoms with E-state index < -0.39 is 0 Å². The fraction of sp³-hybridized carbons (Fsp3) is 0.556. The second-order valence-corrected chi connectivity index (χ2v) is 6.09. The van der Waals surface area contributed by atoms with E-state index in [4.69, 9.17) is 10.2 Å². The molecule has 1 aromatic heterocycles. The second kappa shape index (κ2) is 6.63. The number of nitrogens with two attached hydrogens (primary N) is 1. The van der Waals surface area contributed by atoms with Crippen LogP contribution in [0.15, 0.2) is 34.9 Å². The van der Waals surface area contributed by atoms with Gasteiger partial charge in [-0.05, 0) is 31.9 Å². The van der Waals surface area contributed by atoms with Crippen molar-refractivity contribution in [3.63, 3.8) is 0 Å². The van der Waals surface area contributed by atoms with Crippen LogP contribution >= 0.6 is 0 Å². The normalized spacial score (nSPS) is 22.3. The number of nitrogens with zero attached hydrogens (tertiary/aromatic N) is 1. The lowest BCUT2D eigenvalue weighted by atomic mass is 10.00. The van der Waals surface area contributed by atoms with Gasteiger partial charge in [-0.2, -0.15) is 0 Å². The molecule has 0 radical (unpaired) electrons. The van der Waals surface area contributed by atoms with Gasteiger partial charge in [0.1, 0.15) is 5.58 Å². The Balaban J connectivity index is 1.96. The average molecular weight is 286 g/mol. The first-order chi connectivity index (χ1) is 10.3. The fourth-order valence-electron chi connectivity index (χ4n) is 3.75. The molecule has 2 N–H and O–H groups in total. The van der Waals surface area contributed by atoms with Gasteiger partial charge in [0.15, 0.2) is 0 Å². The van der Waals surface area contributed by atoms with Gasteiger partial charge in [0.25, 0.3) is 0 Å². The molecule has 1 aliphatic heterocycles. The summed E-state index contributed by atoms with van der Waals surface area (Å²) in [5, 5.41) is 1.21. The minimum Gasteiger partial charge on any atom is -0.464 e. The van der Waals surface area contributed by atoms with Crippen LogP contribution in [0.2, 0.25) is 0 Å². The third kappa shape index (κ3) is 2.85. The third-order valence-electron chi connectivity index (χ3n) is 4.89. The Bertz CT molecular complexity index is 577. The van der Waals surface area contributed by atoms with E-state index in [1.54, 1.807) is 0 Å². The third-order valence-corrected chi connectivity index (χ3v) is 4.89. The van der Waals surface area contributed by atoms with Gasteiger partial charge in [0.05, 0.1) is 12.3 Å². The smallest absolute Gasteiger partial charge is 0.134 e. The maximum Gasteiger partial charge on any atom is 0.134 e. The number of likely N-dealkylation sites (tertiary alicyclic amines) is 1. The summed E-state index contributed by atoms with van der Waals surface area (Å²) in [6.45, 7) is 4.10. The van der Waals surface area contributed by atoms with Crippen molar-refractivity contribution in [2.45, 2.75) is 51.1 Å². The molecular weight excluding hydrogens is 260 g/mol. The minimum atomic E-state index is 0.275. The lowest BCUT2D eigenvalue weighted by molar-refractivity contribution is 0.136. The van der Waals surface area contributed by atoms with E-state index in [0.29, 0.717) is 12.6 Å². The molecule has 1 aliphatic rings. The van der Waals surface area contributed by atoms with E-state index in [2.05, 4.69) is 24.0 Å². The molecule has 2 atom stereocenters. The number of furan rings is 1. The summed E-state index contributed by atoms with van der Waals surface area (Å²) >= 11 is 0. The zero-order valence-electron chi connectivity index (χ0n) is 12.9. The van der Waals surface area contributed by atoms with Crippen LogP contribution in [0.4, 0.5) is 0 Å². The highest BCUT2D eigenvalue weighted by atomic mass is 16.3. The number of hydrogen-bond acceptors (Lipinski definition) is 3. The van der Waals surface area contributed by atoms with E-state index in [1.165, 1.54) is 43.1 Å². The van der Waals surface area contributed by atoms with Gasteiger partial charge < -0.3 is 10.2 Å². The van der Waals surface area contributed by atoms with E-state index in [9.17, 15) is 0 Å². The summed E-state index contributed by atoms with van der Waals surface area (Å²) < 4.78 is 5.74. The summed E-state index contributed by atoms with van der Waals surface area (Å²) in [5.41, 5.74) is 8.39. The van der Waals surface area contributed by atoms with Gasteiger partial charge in [0.2, 0.25) is 0 Å². The number of fused-ring (bicyclic) bond motifs is 1. The van der Waals surface area contributed by atoms with Crippen molar-refractivity contribution in [3.8, 4) is 0 Å². The molecule has 3 heteroatoms. The number of hydrogen-bond donors (Lipinski definition) is 1. The lowest BCUT2D eigenvalue weighted by Crippen LogP contribution is -2.40. The second-order valence-electron chi connectivity index (χ2n) is 6.09. The maximum absolute atomic E-state index is 6.17. The summed E-state index contributed by atoms with van der Waals surface area (Å²) in [5.74, 6) is 0.